The smallest absolute Gasteiger partial charge is 0.171 e. The predicted octanol–water partition coefficient (Wildman–Crippen LogP) is 1.20. The number of rotatable bonds is 1. The summed E-state index contributed by atoms with van der Waals surface area (Å²) in [6.07, 6.45) is 3.70. The maximum atomic E-state index is 4.49. The molecule has 0 aromatic carbocycles. The van der Waals surface area contributed by atoms with Crippen molar-refractivity contribution in [1.29, 1.82) is 0 Å². The molecule has 0 unspecified atom stereocenters. The van der Waals surface area contributed by atoms with E-state index in [0.29, 0.717) is 0 Å². The minimum atomic E-state index is 0.787. The zero-order valence-corrected chi connectivity index (χ0v) is 8.21. The van der Waals surface area contributed by atoms with Crippen LogP contribution in [0.5, 0.6) is 0 Å². The van der Waals surface area contributed by atoms with Gasteiger partial charge in [0.1, 0.15) is 0 Å². The minimum absolute atomic E-state index is 0.787. The van der Waals surface area contributed by atoms with Gasteiger partial charge in [0.05, 0.1) is 16.1 Å². The zero-order valence-electron chi connectivity index (χ0n) is 7.40. The second-order valence-corrected chi connectivity index (χ2v) is 4.02. The van der Waals surface area contributed by atoms with Crippen LogP contribution in [0.4, 0.5) is 0 Å². The Morgan fingerprint density at radius 3 is 3.14 bits per heavy atom. The summed E-state index contributed by atoms with van der Waals surface area (Å²) in [6, 6.07) is 0. The molecule has 70 valence electrons. The van der Waals surface area contributed by atoms with Crippen LogP contribution in [0.2, 0.25) is 0 Å². The Bertz CT molecular complexity index is 452. The monoisotopic (exact) mass is 204 g/mol. The quantitative estimate of drug-likeness (QED) is 0.758. The molecule has 2 aromatic rings. The van der Waals surface area contributed by atoms with Crippen molar-refractivity contribution in [1.82, 2.24) is 20.3 Å². The van der Waals surface area contributed by atoms with Crippen LogP contribution < -0.4 is 5.32 Å². The van der Waals surface area contributed by atoms with Gasteiger partial charge in [0.2, 0.25) is 0 Å². The van der Waals surface area contributed by atoms with Crippen molar-refractivity contribution in [3.8, 4) is 10.7 Å². The number of fused-ring (bicyclic) bond motifs is 1. The minimum Gasteiger partial charge on any atom is -0.307 e. The Morgan fingerprint density at radius 1 is 1.29 bits per heavy atom. The van der Waals surface area contributed by atoms with E-state index in [0.717, 1.165) is 29.5 Å². The lowest BCUT2D eigenvalue weighted by molar-refractivity contribution is 0.758. The lowest BCUT2D eigenvalue weighted by atomic mass is 10.3. The Hall–Kier alpha value is -1.33. The summed E-state index contributed by atoms with van der Waals surface area (Å²) in [6.45, 7) is 1.74. The summed E-state index contributed by atoms with van der Waals surface area (Å²) in [4.78, 5) is 13.8. The second kappa shape index (κ2) is 3.11. The van der Waals surface area contributed by atoms with Gasteiger partial charge >= 0.3 is 0 Å². The van der Waals surface area contributed by atoms with Gasteiger partial charge in [0.15, 0.2) is 5.82 Å². The third-order valence-electron chi connectivity index (χ3n) is 2.21. The van der Waals surface area contributed by atoms with Gasteiger partial charge < -0.3 is 5.32 Å². The summed E-state index contributed by atoms with van der Waals surface area (Å²) in [5.41, 5.74) is 4.12. The van der Waals surface area contributed by atoms with E-state index in [4.69, 9.17) is 0 Å². The first kappa shape index (κ1) is 8.02. The molecule has 1 N–H and O–H groups in total. The highest BCUT2D eigenvalue weighted by Gasteiger charge is 2.13. The summed E-state index contributed by atoms with van der Waals surface area (Å²) >= 11 is 1.56. The average molecular weight is 204 g/mol. The highest BCUT2D eigenvalue weighted by Crippen LogP contribution is 2.21. The van der Waals surface area contributed by atoms with E-state index < -0.39 is 0 Å². The fourth-order valence-electron chi connectivity index (χ4n) is 1.50. The first-order chi connectivity index (χ1) is 6.93. The van der Waals surface area contributed by atoms with Gasteiger partial charge in [-0.25, -0.2) is 9.97 Å². The highest BCUT2D eigenvalue weighted by molar-refractivity contribution is 7.13. The van der Waals surface area contributed by atoms with Gasteiger partial charge in [0, 0.05) is 31.0 Å². The van der Waals surface area contributed by atoms with Gasteiger partial charge in [0.25, 0.3) is 0 Å². The van der Waals surface area contributed by atoms with Crippen LogP contribution in [0, 0.1) is 0 Å². The van der Waals surface area contributed by atoms with E-state index >= 15 is 0 Å². The third kappa shape index (κ3) is 1.21. The first-order valence-corrected chi connectivity index (χ1v) is 5.26. The Labute approximate surface area is 85.1 Å². The molecule has 0 fully saturated rings. The van der Waals surface area contributed by atoms with E-state index in [-0.39, 0.29) is 0 Å². The summed E-state index contributed by atoms with van der Waals surface area (Å²) in [5, 5.41) is 3.25. The van der Waals surface area contributed by atoms with Crippen molar-refractivity contribution in [2.24, 2.45) is 0 Å². The maximum absolute atomic E-state index is 4.49. The summed E-state index contributed by atoms with van der Waals surface area (Å²) in [7, 11) is 0. The molecule has 5 heteroatoms. The van der Waals surface area contributed by atoms with E-state index in [1.54, 1.807) is 23.0 Å². The molecule has 3 rings (SSSR count). The normalized spacial score (nSPS) is 14.3. The highest BCUT2D eigenvalue weighted by atomic mass is 32.1. The van der Waals surface area contributed by atoms with E-state index in [2.05, 4.69) is 20.3 Å². The molecule has 0 saturated carbocycles. The molecule has 0 bridgehead atoms. The second-order valence-electron chi connectivity index (χ2n) is 3.13. The fourth-order valence-corrected chi connectivity index (χ4v) is 2.06. The van der Waals surface area contributed by atoms with Crippen LogP contribution in [0.25, 0.3) is 10.7 Å². The Morgan fingerprint density at radius 2 is 2.29 bits per heavy atom. The molecule has 2 aromatic heterocycles. The standard InChI is InChI=1S/C9H8N4S/c1-6-2-12-9(8-4-11-5-14-8)13-7(6)3-10-1/h2,4-5,10H,1,3H2. The third-order valence-corrected chi connectivity index (χ3v) is 2.98. The van der Waals surface area contributed by atoms with Gasteiger partial charge in [-0.1, -0.05) is 0 Å². The molecule has 0 atom stereocenters. The summed E-state index contributed by atoms with van der Waals surface area (Å²) < 4.78 is 0. The molecule has 1 aliphatic heterocycles. The van der Waals surface area contributed by atoms with Crippen LogP contribution in [-0.2, 0) is 13.1 Å². The van der Waals surface area contributed by atoms with Crippen molar-refractivity contribution in [2.75, 3.05) is 0 Å². The molecule has 4 nitrogen and oxygen atoms in total. The van der Waals surface area contributed by atoms with E-state index in [9.17, 15) is 0 Å². The van der Waals surface area contributed by atoms with Gasteiger partial charge in [-0.2, -0.15) is 0 Å². The van der Waals surface area contributed by atoms with Crippen LogP contribution in [0.15, 0.2) is 17.9 Å². The fraction of sp³-hybridized carbons (Fsp3) is 0.222. The van der Waals surface area contributed by atoms with Crippen molar-refractivity contribution >= 4 is 11.3 Å². The molecule has 3 heterocycles. The molecule has 0 amide bonds. The topological polar surface area (TPSA) is 50.7 Å². The zero-order chi connectivity index (χ0) is 9.38. The number of hydrogen-bond acceptors (Lipinski definition) is 5. The SMILES string of the molecule is c1ncc(-c2ncc3c(n2)CNC3)s1. The van der Waals surface area contributed by atoms with Gasteiger partial charge in [-0.15, -0.1) is 11.3 Å². The number of hydrogen-bond donors (Lipinski definition) is 1. The maximum Gasteiger partial charge on any atom is 0.171 e. The molecular weight excluding hydrogens is 196 g/mol. The van der Waals surface area contributed by atoms with Crippen molar-refractivity contribution in [2.45, 2.75) is 13.1 Å². The Kier molecular flexibility index (Phi) is 1.78. The first-order valence-electron chi connectivity index (χ1n) is 4.38. The number of nitrogens with one attached hydrogen (secondary N) is 1. The molecule has 14 heavy (non-hydrogen) atoms. The van der Waals surface area contributed by atoms with Crippen molar-refractivity contribution in [3.63, 3.8) is 0 Å². The lowest BCUT2D eigenvalue weighted by Crippen LogP contribution is -2.00. The molecule has 0 aliphatic carbocycles. The number of nitrogens with zero attached hydrogens (tertiary/aromatic N) is 3. The lowest BCUT2D eigenvalue weighted by Gasteiger charge is -1.98. The molecule has 1 aliphatic rings. The molecule has 0 saturated heterocycles. The number of thiazole rings is 1. The van der Waals surface area contributed by atoms with Crippen molar-refractivity contribution in [3.05, 3.63) is 29.2 Å². The molecular formula is C9H8N4S. The molecule has 0 spiro atoms. The van der Waals surface area contributed by atoms with E-state index in [1.165, 1.54) is 5.56 Å². The van der Waals surface area contributed by atoms with E-state index in [1.807, 2.05) is 6.20 Å². The van der Waals surface area contributed by atoms with Gasteiger partial charge in [-0.05, 0) is 0 Å². The van der Waals surface area contributed by atoms with Crippen LogP contribution in [-0.4, -0.2) is 15.0 Å². The number of aromatic nitrogens is 3. The Balaban J connectivity index is 2.09. The summed E-state index contributed by atoms with van der Waals surface area (Å²) in [5.74, 6) is 0.787. The van der Waals surface area contributed by atoms with Crippen LogP contribution >= 0.6 is 11.3 Å². The van der Waals surface area contributed by atoms with Gasteiger partial charge in [-0.3, -0.25) is 4.98 Å². The van der Waals surface area contributed by atoms with Crippen LogP contribution in [0.3, 0.4) is 0 Å². The molecule has 0 radical (unpaired) electrons. The van der Waals surface area contributed by atoms with Crippen LogP contribution in [0.1, 0.15) is 11.3 Å². The largest absolute Gasteiger partial charge is 0.307 e. The van der Waals surface area contributed by atoms with Crippen molar-refractivity contribution < 1.29 is 0 Å². The average Bonchev–Trinajstić information content (AvgIpc) is 2.88. The predicted molar refractivity (Wildman–Crippen MR) is 53.7 cm³/mol.